The van der Waals surface area contributed by atoms with Crippen LogP contribution in [0.2, 0.25) is 5.02 Å². The summed E-state index contributed by atoms with van der Waals surface area (Å²) in [6, 6.07) is 2.94. The molecule has 1 atom stereocenters. The third-order valence-corrected chi connectivity index (χ3v) is 5.74. The average Bonchev–Trinajstić information content (AvgIpc) is 3.28. The van der Waals surface area contributed by atoms with Crippen molar-refractivity contribution in [1.29, 1.82) is 0 Å². The normalized spacial score (nSPS) is 14.7. The number of hydrogen-bond donors (Lipinski definition) is 1. The molecule has 170 valence electrons. The van der Waals surface area contributed by atoms with Crippen LogP contribution in [0.3, 0.4) is 0 Å². The average molecular weight is 473 g/mol. The summed E-state index contributed by atoms with van der Waals surface area (Å²) in [5, 5.41) is 14.1. The number of halogens is 5. The molecule has 1 amide bonds. The van der Waals surface area contributed by atoms with Crippen LogP contribution in [0.25, 0.3) is 5.65 Å². The zero-order valence-electron chi connectivity index (χ0n) is 16.9. The molecular weight excluding hydrogens is 456 g/mol. The van der Waals surface area contributed by atoms with Crippen molar-refractivity contribution in [2.75, 3.05) is 6.61 Å². The van der Waals surface area contributed by atoms with Crippen LogP contribution < -0.4 is 4.74 Å². The summed E-state index contributed by atoms with van der Waals surface area (Å²) in [6.45, 7) is 2.64. The van der Waals surface area contributed by atoms with Crippen LogP contribution in [0.15, 0.2) is 18.2 Å². The van der Waals surface area contributed by atoms with E-state index in [1.807, 2.05) is 0 Å². The molecule has 1 aliphatic heterocycles. The molecule has 4 rings (SSSR count). The minimum absolute atomic E-state index is 0.121. The SMILES string of the molecule is Cc1nc2c3c(nn2c(C)c1Cl)CN(C(=O)c1ccc(F)cc1OCC(O)C(F)(F)F)C3. The van der Waals surface area contributed by atoms with Crippen molar-refractivity contribution in [3.8, 4) is 5.75 Å². The van der Waals surface area contributed by atoms with E-state index >= 15 is 0 Å². The lowest BCUT2D eigenvalue weighted by Crippen LogP contribution is -2.34. The number of hydrogen-bond acceptors (Lipinski definition) is 5. The van der Waals surface area contributed by atoms with Gasteiger partial charge in [-0.15, -0.1) is 0 Å². The van der Waals surface area contributed by atoms with Gasteiger partial charge in [-0.25, -0.2) is 13.9 Å². The maximum atomic E-state index is 13.7. The van der Waals surface area contributed by atoms with Gasteiger partial charge in [-0.1, -0.05) is 11.6 Å². The molecular formula is C20H17ClF4N4O3. The zero-order chi connectivity index (χ0) is 23.4. The van der Waals surface area contributed by atoms with E-state index in [0.29, 0.717) is 27.8 Å². The molecule has 1 aromatic carbocycles. The Bertz CT molecular complexity index is 1230. The maximum absolute atomic E-state index is 13.7. The standard InChI is InChI=1S/C20H17ClF4N4O3/c1-9-17(21)10(2)29-18(26-9)13-6-28(7-14(13)27-29)19(31)12-4-3-11(22)5-15(12)32-8-16(30)20(23,24)25/h3-5,16,30H,6-8H2,1-2H3. The first-order valence-corrected chi connectivity index (χ1v) is 9.84. The largest absolute Gasteiger partial charge is 0.490 e. The number of carbonyl (C=O) groups excluding carboxylic acids is 1. The summed E-state index contributed by atoms with van der Waals surface area (Å²) in [7, 11) is 0. The summed E-state index contributed by atoms with van der Waals surface area (Å²) < 4.78 is 57.9. The summed E-state index contributed by atoms with van der Waals surface area (Å²) in [4.78, 5) is 18.9. The lowest BCUT2D eigenvalue weighted by Gasteiger charge is -2.20. The van der Waals surface area contributed by atoms with Crippen molar-refractivity contribution in [1.82, 2.24) is 19.5 Å². The molecule has 0 spiro atoms. The van der Waals surface area contributed by atoms with E-state index in [1.54, 1.807) is 18.4 Å². The van der Waals surface area contributed by atoms with Crippen LogP contribution in [0.4, 0.5) is 17.6 Å². The Hall–Kier alpha value is -2.92. The Labute approximate surface area is 184 Å². The van der Waals surface area contributed by atoms with Crippen LogP contribution in [0.5, 0.6) is 5.75 Å². The van der Waals surface area contributed by atoms with Crippen LogP contribution in [0, 0.1) is 19.7 Å². The second-order valence-corrected chi connectivity index (χ2v) is 7.81. The van der Waals surface area contributed by atoms with Gasteiger partial charge in [0.15, 0.2) is 11.8 Å². The Morgan fingerprint density at radius 1 is 1.31 bits per heavy atom. The summed E-state index contributed by atoms with van der Waals surface area (Å²) in [5.41, 5.74) is 3.07. The number of nitrogens with zero attached hydrogens (tertiary/aromatic N) is 4. The minimum atomic E-state index is -4.91. The molecule has 2 aromatic heterocycles. The number of alkyl halides is 3. The first-order valence-electron chi connectivity index (χ1n) is 9.47. The highest BCUT2D eigenvalue weighted by Gasteiger charge is 2.39. The van der Waals surface area contributed by atoms with Gasteiger partial charge in [0.1, 0.15) is 18.2 Å². The Kier molecular flexibility index (Phi) is 5.49. The molecule has 1 aliphatic rings. The maximum Gasteiger partial charge on any atom is 0.417 e. The fraction of sp³-hybridized carbons (Fsp3) is 0.350. The first kappa shape index (κ1) is 22.3. The predicted molar refractivity (Wildman–Crippen MR) is 105 cm³/mol. The number of carbonyl (C=O) groups is 1. The van der Waals surface area contributed by atoms with E-state index in [0.717, 1.165) is 23.8 Å². The van der Waals surface area contributed by atoms with Crippen LogP contribution in [-0.4, -0.2) is 49.4 Å². The van der Waals surface area contributed by atoms with E-state index in [1.165, 1.54) is 4.90 Å². The van der Waals surface area contributed by atoms with Crippen molar-refractivity contribution in [2.24, 2.45) is 0 Å². The van der Waals surface area contributed by atoms with E-state index in [-0.39, 0.29) is 18.7 Å². The topological polar surface area (TPSA) is 80.0 Å². The van der Waals surface area contributed by atoms with E-state index < -0.39 is 36.4 Å². The number of aryl methyl sites for hydroxylation is 2. The molecule has 0 radical (unpaired) electrons. The molecule has 32 heavy (non-hydrogen) atoms. The van der Waals surface area contributed by atoms with Crippen LogP contribution in [0.1, 0.15) is 33.0 Å². The third kappa shape index (κ3) is 3.86. The Balaban J connectivity index is 1.60. The van der Waals surface area contributed by atoms with E-state index in [2.05, 4.69) is 10.1 Å². The van der Waals surface area contributed by atoms with Crippen molar-refractivity contribution < 1.29 is 32.2 Å². The molecule has 1 unspecified atom stereocenters. The van der Waals surface area contributed by atoms with Crippen molar-refractivity contribution in [3.63, 3.8) is 0 Å². The molecule has 3 heterocycles. The fourth-order valence-corrected chi connectivity index (χ4v) is 3.61. The van der Waals surface area contributed by atoms with Gasteiger partial charge in [0.25, 0.3) is 5.91 Å². The molecule has 0 fully saturated rings. The highest BCUT2D eigenvalue weighted by atomic mass is 35.5. The number of benzene rings is 1. The van der Waals surface area contributed by atoms with Gasteiger partial charge in [-0.2, -0.15) is 18.3 Å². The molecule has 0 aliphatic carbocycles. The fourth-order valence-electron chi connectivity index (χ4n) is 3.48. The first-order chi connectivity index (χ1) is 15.0. The molecule has 0 saturated carbocycles. The Morgan fingerprint density at radius 3 is 2.72 bits per heavy atom. The number of aliphatic hydroxyl groups is 1. The summed E-state index contributed by atoms with van der Waals surface area (Å²) >= 11 is 6.23. The molecule has 12 heteroatoms. The van der Waals surface area contributed by atoms with Gasteiger partial charge in [0.2, 0.25) is 0 Å². The monoisotopic (exact) mass is 472 g/mol. The van der Waals surface area contributed by atoms with E-state index in [9.17, 15) is 22.4 Å². The number of fused-ring (bicyclic) bond motifs is 3. The lowest BCUT2D eigenvalue weighted by atomic mass is 10.1. The van der Waals surface area contributed by atoms with Crippen LogP contribution >= 0.6 is 11.6 Å². The number of aromatic nitrogens is 3. The van der Waals surface area contributed by atoms with Crippen LogP contribution in [-0.2, 0) is 13.1 Å². The number of amides is 1. The van der Waals surface area contributed by atoms with Gasteiger partial charge in [0.05, 0.1) is 40.8 Å². The van der Waals surface area contributed by atoms with Gasteiger partial charge >= 0.3 is 6.18 Å². The van der Waals surface area contributed by atoms with Gasteiger partial charge in [-0.05, 0) is 26.0 Å². The molecule has 0 saturated heterocycles. The van der Waals surface area contributed by atoms with Crippen molar-refractivity contribution in [3.05, 3.63) is 57.2 Å². The van der Waals surface area contributed by atoms with Gasteiger partial charge in [0, 0.05) is 11.6 Å². The highest BCUT2D eigenvalue weighted by Crippen LogP contribution is 2.32. The molecule has 7 nitrogen and oxygen atoms in total. The lowest BCUT2D eigenvalue weighted by molar-refractivity contribution is -0.210. The molecule has 1 N–H and O–H groups in total. The van der Waals surface area contributed by atoms with E-state index in [4.69, 9.17) is 21.4 Å². The quantitative estimate of drug-likeness (QED) is 0.587. The van der Waals surface area contributed by atoms with Crippen molar-refractivity contribution >= 4 is 23.2 Å². The number of rotatable bonds is 4. The minimum Gasteiger partial charge on any atom is -0.490 e. The van der Waals surface area contributed by atoms with Gasteiger partial charge in [-0.3, -0.25) is 4.79 Å². The van der Waals surface area contributed by atoms with Gasteiger partial charge < -0.3 is 14.7 Å². The zero-order valence-corrected chi connectivity index (χ0v) is 17.6. The smallest absolute Gasteiger partial charge is 0.417 e. The second kappa shape index (κ2) is 7.89. The molecule has 0 bridgehead atoms. The van der Waals surface area contributed by atoms with Crippen molar-refractivity contribution in [2.45, 2.75) is 39.2 Å². The third-order valence-electron chi connectivity index (χ3n) is 5.19. The Morgan fingerprint density at radius 2 is 2.03 bits per heavy atom. The summed E-state index contributed by atoms with van der Waals surface area (Å²) in [5.74, 6) is -1.78. The predicted octanol–water partition coefficient (Wildman–Crippen LogP) is 3.60. The number of ether oxygens (including phenoxy) is 1. The molecule has 3 aromatic rings. The second-order valence-electron chi connectivity index (χ2n) is 7.43. The highest BCUT2D eigenvalue weighted by molar-refractivity contribution is 6.31. The summed E-state index contributed by atoms with van der Waals surface area (Å²) in [6.07, 6.45) is -7.68. The number of aliphatic hydroxyl groups excluding tert-OH is 1.